The number of nitrogens with zero attached hydrogens (tertiary/aromatic N) is 2. The number of hydrogen-bond donors (Lipinski definition) is 0. The number of halogens is 3. The Balaban J connectivity index is 2.11. The molecule has 0 radical (unpaired) electrons. The van der Waals surface area contributed by atoms with Gasteiger partial charge >= 0.3 is 6.18 Å². The fourth-order valence-corrected chi connectivity index (χ4v) is 3.67. The van der Waals surface area contributed by atoms with Gasteiger partial charge in [0, 0.05) is 18.3 Å². The van der Waals surface area contributed by atoms with Crippen LogP contribution in [-0.4, -0.2) is 12.6 Å². The number of benzene rings is 2. The molecule has 29 heavy (non-hydrogen) atoms. The fraction of sp³-hybridized carbons (Fsp3) is 0.292. The van der Waals surface area contributed by atoms with Gasteiger partial charge in [-0.25, -0.2) is 0 Å². The third kappa shape index (κ3) is 3.93. The Morgan fingerprint density at radius 2 is 1.83 bits per heavy atom. The second kappa shape index (κ2) is 7.11. The number of alkyl halides is 3. The van der Waals surface area contributed by atoms with Gasteiger partial charge in [0.2, 0.25) is 0 Å². The number of anilines is 1. The highest BCUT2D eigenvalue weighted by Crippen LogP contribution is 2.40. The maximum absolute atomic E-state index is 13.0. The summed E-state index contributed by atoms with van der Waals surface area (Å²) in [6.45, 7) is 8.28. The SMILES string of the molecule is CC1=CC(C)(C)N(C)c2cc(C)c(/C=C(\C#N)c3cccc(C(F)(F)F)c3)cc21. The lowest BCUT2D eigenvalue weighted by Crippen LogP contribution is -2.42. The van der Waals surface area contributed by atoms with Crippen molar-refractivity contribution in [1.82, 2.24) is 0 Å². The molecule has 1 heterocycles. The summed E-state index contributed by atoms with van der Waals surface area (Å²) in [5, 5.41) is 9.61. The van der Waals surface area contributed by atoms with Crippen molar-refractivity contribution in [2.24, 2.45) is 0 Å². The van der Waals surface area contributed by atoms with Crippen LogP contribution < -0.4 is 4.90 Å². The van der Waals surface area contributed by atoms with Gasteiger partial charge < -0.3 is 4.90 Å². The molecule has 1 aliphatic heterocycles. The summed E-state index contributed by atoms with van der Waals surface area (Å²) in [5.41, 5.74) is 4.65. The van der Waals surface area contributed by atoms with E-state index in [-0.39, 0.29) is 16.7 Å². The molecule has 2 aromatic rings. The van der Waals surface area contributed by atoms with Crippen LogP contribution in [-0.2, 0) is 6.18 Å². The molecule has 1 aliphatic rings. The van der Waals surface area contributed by atoms with Crippen molar-refractivity contribution in [1.29, 1.82) is 5.26 Å². The van der Waals surface area contributed by atoms with E-state index in [1.54, 1.807) is 6.08 Å². The minimum atomic E-state index is -4.45. The Morgan fingerprint density at radius 1 is 1.14 bits per heavy atom. The van der Waals surface area contributed by atoms with E-state index in [9.17, 15) is 18.4 Å². The normalized spacial score (nSPS) is 16.2. The van der Waals surface area contributed by atoms with Gasteiger partial charge in [0.25, 0.3) is 0 Å². The van der Waals surface area contributed by atoms with Gasteiger partial charge in [0.05, 0.1) is 22.7 Å². The third-order valence-electron chi connectivity index (χ3n) is 5.53. The molecule has 0 spiro atoms. The van der Waals surface area contributed by atoms with Crippen molar-refractivity contribution in [2.75, 3.05) is 11.9 Å². The molecule has 0 N–H and O–H groups in total. The molecule has 0 atom stereocenters. The topological polar surface area (TPSA) is 27.0 Å². The molecule has 0 aromatic heterocycles. The lowest BCUT2D eigenvalue weighted by atomic mass is 9.87. The van der Waals surface area contributed by atoms with Gasteiger partial charge in [0.1, 0.15) is 0 Å². The van der Waals surface area contributed by atoms with Crippen molar-refractivity contribution in [3.05, 3.63) is 70.3 Å². The minimum absolute atomic E-state index is 0.114. The van der Waals surface area contributed by atoms with Crippen molar-refractivity contribution >= 4 is 22.9 Å². The molecule has 2 aromatic carbocycles. The first-order chi connectivity index (χ1) is 13.4. The third-order valence-corrected chi connectivity index (χ3v) is 5.53. The van der Waals surface area contributed by atoms with Crippen LogP contribution in [0, 0.1) is 18.3 Å². The summed E-state index contributed by atoms with van der Waals surface area (Å²) in [4.78, 5) is 2.20. The van der Waals surface area contributed by atoms with Crippen molar-refractivity contribution < 1.29 is 13.2 Å². The molecule has 3 rings (SSSR count). The second-order valence-electron chi connectivity index (χ2n) is 8.01. The quantitative estimate of drug-likeness (QED) is 0.417. The van der Waals surface area contributed by atoms with E-state index in [4.69, 9.17) is 0 Å². The van der Waals surface area contributed by atoms with Crippen LogP contribution in [0.1, 0.15) is 48.6 Å². The summed E-state index contributed by atoms with van der Waals surface area (Å²) in [6.07, 6.45) is -0.591. The lowest BCUT2D eigenvalue weighted by Gasteiger charge is -2.41. The highest BCUT2D eigenvalue weighted by molar-refractivity contribution is 5.92. The molecular weight excluding hydrogens is 373 g/mol. The van der Waals surface area contributed by atoms with Crippen LogP contribution in [0.15, 0.2) is 42.5 Å². The van der Waals surface area contributed by atoms with E-state index in [0.29, 0.717) is 0 Å². The van der Waals surface area contributed by atoms with Gasteiger partial charge in [-0.3, -0.25) is 0 Å². The lowest BCUT2D eigenvalue weighted by molar-refractivity contribution is -0.137. The molecular formula is C24H23F3N2. The van der Waals surface area contributed by atoms with E-state index in [2.05, 4.69) is 43.9 Å². The van der Waals surface area contributed by atoms with Crippen molar-refractivity contribution in [3.63, 3.8) is 0 Å². The summed E-state index contributed by atoms with van der Waals surface area (Å²) in [6, 6.07) is 11.0. The number of likely N-dealkylation sites (N-methyl/N-ethyl adjacent to an activating group) is 1. The van der Waals surface area contributed by atoms with Gasteiger partial charge in [-0.15, -0.1) is 0 Å². The maximum Gasteiger partial charge on any atom is 0.416 e. The van der Waals surface area contributed by atoms with Crippen LogP contribution in [0.2, 0.25) is 0 Å². The average molecular weight is 396 g/mol. The van der Waals surface area contributed by atoms with Crippen LogP contribution in [0.5, 0.6) is 0 Å². The molecule has 0 saturated carbocycles. The predicted molar refractivity (Wildman–Crippen MR) is 112 cm³/mol. The first-order valence-electron chi connectivity index (χ1n) is 9.32. The summed E-state index contributed by atoms with van der Waals surface area (Å²) in [7, 11) is 2.04. The smallest absolute Gasteiger partial charge is 0.365 e. The van der Waals surface area contributed by atoms with Crippen LogP contribution in [0.4, 0.5) is 18.9 Å². The Labute approximate surface area is 169 Å². The molecule has 5 heteroatoms. The zero-order chi connectivity index (χ0) is 21.6. The predicted octanol–water partition coefficient (Wildman–Crippen LogP) is 6.71. The zero-order valence-electron chi connectivity index (χ0n) is 17.1. The number of aryl methyl sites for hydroxylation is 1. The largest absolute Gasteiger partial charge is 0.416 e. The van der Waals surface area contributed by atoms with Gasteiger partial charge in [-0.05, 0) is 80.3 Å². The number of rotatable bonds is 2. The Kier molecular flexibility index (Phi) is 5.08. The van der Waals surface area contributed by atoms with Crippen molar-refractivity contribution in [3.8, 4) is 6.07 Å². The summed E-state index contributed by atoms with van der Waals surface area (Å²) >= 11 is 0. The molecule has 0 amide bonds. The second-order valence-corrected chi connectivity index (χ2v) is 8.01. The van der Waals surface area contributed by atoms with Crippen molar-refractivity contribution in [2.45, 2.75) is 39.4 Å². The number of hydrogen-bond acceptors (Lipinski definition) is 2. The van der Waals surface area contributed by atoms with Gasteiger partial charge in [-0.2, -0.15) is 18.4 Å². The number of allylic oxidation sites excluding steroid dienone is 2. The zero-order valence-corrected chi connectivity index (χ0v) is 17.1. The minimum Gasteiger partial charge on any atom is -0.365 e. The number of fused-ring (bicyclic) bond motifs is 1. The van der Waals surface area contributed by atoms with Crippen LogP contribution >= 0.6 is 0 Å². The van der Waals surface area contributed by atoms with E-state index >= 15 is 0 Å². The Morgan fingerprint density at radius 3 is 2.45 bits per heavy atom. The highest BCUT2D eigenvalue weighted by Gasteiger charge is 2.31. The van der Waals surface area contributed by atoms with Gasteiger partial charge in [-0.1, -0.05) is 18.2 Å². The maximum atomic E-state index is 13.0. The average Bonchev–Trinajstić information content (AvgIpc) is 2.64. The Bertz CT molecular complexity index is 1070. The van der Waals surface area contributed by atoms with E-state index in [1.165, 1.54) is 12.1 Å². The molecule has 0 aliphatic carbocycles. The van der Waals surface area contributed by atoms with E-state index in [0.717, 1.165) is 40.1 Å². The number of nitriles is 1. The molecule has 150 valence electrons. The standard InChI is InChI=1S/C24H23F3N2/c1-15-9-22-21(16(2)13-23(3,4)29(22)5)12-18(15)10-19(14-28)17-7-6-8-20(11-17)24(25,26)27/h6-13H,1-5H3/b19-10+. The Hall–Kier alpha value is -3.00. The molecule has 0 bridgehead atoms. The summed E-state index contributed by atoms with van der Waals surface area (Å²) in [5.74, 6) is 0. The first-order valence-corrected chi connectivity index (χ1v) is 9.32. The van der Waals surface area contributed by atoms with Crippen LogP contribution in [0.25, 0.3) is 17.2 Å². The first kappa shape index (κ1) is 20.7. The molecule has 0 saturated heterocycles. The van der Waals surface area contributed by atoms with Crippen LogP contribution in [0.3, 0.4) is 0 Å². The molecule has 0 unspecified atom stereocenters. The fourth-order valence-electron chi connectivity index (χ4n) is 3.67. The highest BCUT2D eigenvalue weighted by atomic mass is 19.4. The van der Waals surface area contributed by atoms with Gasteiger partial charge in [0.15, 0.2) is 0 Å². The molecule has 2 nitrogen and oxygen atoms in total. The van der Waals surface area contributed by atoms with E-state index < -0.39 is 11.7 Å². The summed E-state index contributed by atoms with van der Waals surface area (Å²) < 4.78 is 39.1. The molecule has 0 fully saturated rings. The monoisotopic (exact) mass is 396 g/mol. The van der Waals surface area contributed by atoms with E-state index in [1.807, 2.05) is 20.0 Å².